The number of hydrogen-bond acceptors (Lipinski definition) is 2. The highest BCUT2D eigenvalue weighted by molar-refractivity contribution is 5.79. The van der Waals surface area contributed by atoms with E-state index < -0.39 is 0 Å². The molecule has 0 saturated carbocycles. The minimum absolute atomic E-state index is 0.682. The van der Waals surface area contributed by atoms with Gasteiger partial charge in [-0.3, -0.25) is 0 Å². The number of aromatic nitrogens is 2. The predicted octanol–water partition coefficient (Wildman–Crippen LogP) is 3.49. The summed E-state index contributed by atoms with van der Waals surface area (Å²) in [6.45, 7) is 7.50. The highest BCUT2D eigenvalue weighted by atomic mass is 15.2. The molecule has 5 heteroatoms. The van der Waals surface area contributed by atoms with E-state index in [1.54, 1.807) is 0 Å². The molecular formula is C21H27N5. The number of fused-ring (bicyclic) bond motifs is 1. The smallest absolute Gasteiger partial charge is 0.191 e. The van der Waals surface area contributed by atoms with Crippen LogP contribution < -0.4 is 10.6 Å². The molecule has 26 heavy (non-hydrogen) atoms. The van der Waals surface area contributed by atoms with E-state index in [0.29, 0.717) is 6.54 Å². The largest absolute Gasteiger partial charge is 0.357 e. The van der Waals surface area contributed by atoms with Crippen molar-refractivity contribution in [3.8, 4) is 0 Å². The summed E-state index contributed by atoms with van der Waals surface area (Å²) in [5.41, 5.74) is 3.48. The Bertz CT molecular complexity index is 851. The first-order valence-corrected chi connectivity index (χ1v) is 9.26. The average molecular weight is 349 g/mol. The Morgan fingerprint density at radius 2 is 1.81 bits per heavy atom. The van der Waals surface area contributed by atoms with Gasteiger partial charge in [0, 0.05) is 19.6 Å². The minimum Gasteiger partial charge on any atom is -0.357 e. The summed E-state index contributed by atoms with van der Waals surface area (Å²) in [6, 6.07) is 18.6. The summed E-state index contributed by atoms with van der Waals surface area (Å²) in [6.07, 6.45) is 1.01. The molecule has 0 aliphatic heterocycles. The van der Waals surface area contributed by atoms with Crippen LogP contribution in [0.25, 0.3) is 11.0 Å². The van der Waals surface area contributed by atoms with Crippen LogP contribution in [0, 0.1) is 6.92 Å². The van der Waals surface area contributed by atoms with Crippen LogP contribution >= 0.6 is 0 Å². The Morgan fingerprint density at radius 1 is 1.04 bits per heavy atom. The number of nitrogens with one attached hydrogen (secondary N) is 2. The minimum atomic E-state index is 0.682. The molecule has 2 aromatic carbocycles. The van der Waals surface area contributed by atoms with Crippen molar-refractivity contribution in [1.82, 2.24) is 20.2 Å². The third-order valence-electron chi connectivity index (χ3n) is 4.30. The molecule has 0 aliphatic rings. The molecule has 0 unspecified atom stereocenters. The first kappa shape index (κ1) is 18.0. The number of para-hydroxylation sites is 2. The molecule has 0 atom stereocenters. The van der Waals surface area contributed by atoms with Gasteiger partial charge in [-0.15, -0.1) is 0 Å². The molecule has 0 saturated heterocycles. The Balaban J connectivity index is 1.54. The second-order valence-corrected chi connectivity index (χ2v) is 6.26. The number of benzene rings is 2. The van der Waals surface area contributed by atoms with Crippen molar-refractivity contribution >= 4 is 17.0 Å². The maximum atomic E-state index is 4.66. The average Bonchev–Trinajstić information content (AvgIpc) is 2.99. The van der Waals surface area contributed by atoms with Crippen LogP contribution in [0.5, 0.6) is 0 Å². The van der Waals surface area contributed by atoms with E-state index in [-0.39, 0.29) is 0 Å². The second kappa shape index (κ2) is 9.04. The van der Waals surface area contributed by atoms with E-state index in [9.17, 15) is 0 Å². The van der Waals surface area contributed by atoms with Gasteiger partial charge < -0.3 is 15.2 Å². The topological polar surface area (TPSA) is 54.2 Å². The molecule has 0 fully saturated rings. The zero-order valence-corrected chi connectivity index (χ0v) is 15.6. The van der Waals surface area contributed by atoms with Gasteiger partial charge >= 0.3 is 0 Å². The van der Waals surface area contributed by atoms with E-state index in [0.717, 1.165) is 43.4 Å². The van der Waals surface area contributed by atoms with Crippen LogP contribution in [-0.4, -0.2) is 28.6 Å². The van der Waals surface area contributed by atoms with Gasteiger partial charge in [0.15, 0.2) is 5.96 Å². The summed E-state index contributed by atoms with van der Waals surface area (Å²) in [5.74, 6) is 1.93. The molecular weight excluding hydrogens is 322 g/mol. The molecule has 0 radical (unpaired) electrons. The van der Waals surface area contributed by atoms with Crippen LogP contribution in [0.1, 0.15) is 24.7 Å². The molecule has 0 aliphatic carbocycles. The van der Waals surface area contributed by atoms with Crippen LogP contribution in [0.15, 0.2) is 59.6 Å². The fourth-order valence-corrected chi connectivity index (χ4v) is 3.02. The lowest BCUT2D eigenvalue weighted by Crippen LogP contribution is -2.38. The van der Waals surface area contributed by atoms with Crippen molar-refractivity contribution in [2.75, 3.05) is 13.1 Å². The van der Waals surface area contributed by atoms with Gasteiger partial charge in [0.05, 0.1) is 17.6 Å². The van der Waals surface area contributed by atoms with Crippen molar-refractivity contribution in [2.24, 2.45) is 4.99 Å². The van der Waals surface area contributed by atoms with Crippen molar-refractivity contribution in [2.45, 2.75) is 33.4 Å². The highest BCUT2D eigenvalue weighted by Crippen LogP contribution is 2.15. The summed E-state index contributed by atoms with van der Waals surface area (Å²) < 4.78 is 2.28. The van der Waals surface area contributed by atoms with E-state index in [4.69, 9.17) is 0 Å². The number of imidazole rings is 1. The Morgan fingerprint density at radius 3 is 2.62 bits per heavy atom. The van der Waals surface area contributed by atoms with Crippen molar-refractivity contribution in [1.29, 1.82) is 0 Å². The number of hydrogen-bond donors (Lipinski definition) is 2. The number of aryl methyl sites for hydroxylation is 2. The van der Waals surface area contributed by atoms with Crippen molar-refractivity contribution in [3.05, 3.63) is 66.0 Å². The molecule has 3 aromatic rings. The van der Waals surface area contributed by atoms with Gasteiger partial charge in [-0.2, -0.15) is 0 Å². The summed E-state index contributed by atoms with van der Waals surface area (Å²) in [5, 5.41) is 6.73. The lowest BCUT2D eigenvalue weighted by molar-refractivity contribution is 0.624. The highest BCUT2D eigenvalue weighted by Gasteiger charge is 2.06. The molecule has 3 rings (SSSR count). The predicted molar refractivity (Wildman–Crippen MR) is 108 cm³/mol. The van der Waals surface area contributed by atoms with Gasteiger partial charge in [0.2, 0.25) is 0 Å². The molecule has 136 valence electrons. The third kappa shape index (κ3) is 4.63. The van der Waals surface area contributed by atoms with E-state index >= 15 is 0 Å². The zero-order valence-electron chi connectivity index (χ0n) is 15.6. The summed E-state index contributed by atoms with van der Waals surface area (Å²) in [7, 11) is 0. The lowest BCUT2D eigenvalue weighted by atomic mass is 10.2. The molecule has 0 bridgehead atoms. The summed E-state index contributed by atoms with van der Waals surface area (Å²) in [4.78, 5) is 9.29. The first-order valence-electron chi connectivity index (χ1n) is 9.26. The molecule has 0 amide bonds. The number of guanidine groups is 1. The van der Waals surface area contributed by atoms with Crippen LogP contribution in [-0.2, 0) is 13.1 Å². The normalized spacial score (nSPS) is 11.7. The SMILES string of the molecule is CCNC(=NCc1ccccc1)NCCCn1c(C)nc2ccccc21. The van der Waals surface area contributed by atoms with Crippen molar-refractivity contribution < 1.29 is 0 Å². The molecule has 0 spiro atoms. The maximum absolute atomic E-state index is 4.66. The fourth-order valence-electron chi connectivity index (χ4n) is 3.02. The number of aliphatic imine (C=N–C) groups is 1. The Kier molecular flexibility index (Phi) is 6.25. The maximum Gasteiger partial charge on any atom is 0.191 e. The van der Waals surface area contributed by atoms with Gasteiger partial charge in [-0.05, 0) is 38.0 Å². The Labute approximate surface area is 155 Å². The van der Waals surface area contributed by atoms with Gasteiger partial charge in [-0.25, -0.2) is 9.98 Å². The van der Waals surface area contributed by atoms with E-state index in [1.165, 1.54) is 11.1 Å². The van der Waals surface area contributed by atoms with Crippen LogP contribution in [0.4, 0.5) is 0 Å². The van der Waals surface area contributed by atoms with E-state index in [2.05, 4.69) is 69.4 Å². The molecule has 1 aromatic heterocycles. The summed E-state index contributed by atoms with van der Waals surface area (Å²) >= 11 is 0. The zero-order chi connectivity index (χ0) is 18.2. The quantitative estimate of drug-likeness (QED) is 0.390. The van der Waals surface area contributed by atoms with Gasteiger partial charge in [0.1, 0.15) is 5.82 Å². The van der Waals surface area contributed by atoms with E-state index in [1.807, 2.05) is 24.3 Å². The van der Waals surface area contributed by atoms with Crippen molar-refractivity contribution in [3.63, 3.8) is 0 Å². The number of rotatable bonds is 7. The van der Waals surface area contributed by atoms with Gasteiger partial charge in [-0.1, -0.05) is 42.5 Å². The number of nitrogens with zero attached hydrogens (tertiary/aromatic N) is 3. The molecule has 1 heterocycles. The standard InChI is InChI=1S/C21H27N5/c1-3-22-21(24-16-18-10-5-4-6-11-18)23-14-9-15-26-17(2)25-19-12-7-8-13-20(19)26/h4-8,10-13H,3,9,14-16H2,1-2H3,(H2,22,23,24). The van der Waals surface area contributed by atoms with Crippen LogP contribution in [0.3, 0.4) is 0 Å². The molecule has 2 N–H and O–H groups in total. The molecule has 5 nitrogen and oxygen atoms in total. The lowest BCUT2D eigenvalue weighted by Gasteiger charge is -2.12. The Hall–Kier alpha value is -2.82. The first-order chi connectivity index (χ1) is 12.8. The second-order valence-electron chi connectivity index (χ2n) is 6.26. The monoisotopic (exact) mass is 349 g/mol. The third-order valence-corrected chi connectivity index (χ3v) is 4.30. The van der Waals surface area contributed by atoms with Crippen LogP contribution in [0.2, 0.25) is 0 Å². The van der Waals surface area contributed by atoms with Gasteiger partial charge in [0.25, 0.3) is 0 Å². The fraction of sp³-hybridized carbons (Fsp3) is 0.333.